The maximum Gasteiger partial charge on any atom is 0.272 e. The van der Waals surface area contributed by atoms with Crippen molar-refractivity contribution >= 4 is 17.4 Å². The Kier molecular flexibility index (Phi) is 5.81. The lowest BCUT2D eigenvalue weighted by molar-refractivity contribution is 0.0767. The summed E-state index contributed by atoms with van der Waals surface area (Å²) in [6, 6.07) is 21.5. The largest absolute Gasteiger partial charge is 0.338 e. The molecular formula is C22H24N4O. The first kappa shape index (κ1) is 18.6. The molecule has 5 nitrogen and oxygen atoms in total. The fraction of sp³-hybridized carbons (Fsp3) is 0.227. The van der Waals surface area contributed by atoms with Crippen molar-refractivity contribution < 1.29 is 4.79 Å². The van der Waals surface area contributed by atoms with E-state index in [9.17, 15) is 4.79 Å². The second-order valence-electron chi connectivity index (χ2n) is 6.17. The highest BCUT2D eigenvalue weighted by Gasteiger charge is 2.19. The smallest absolute Gasteiger partial charge is 0.272 e. The Labute approximate surface area is 160 Å². The number of aromatic nitrogens is 2. The molecule has 0 unspecified atom stereocenters. The van der Waals surface area contributed by atoms with Crippen molar-refractivity contribution in [1.82, 2.24) is 14.9 Å². The van der Waals surface area contributed by atoms with Gasteiger partial charge in [0.25, 0.3) is 5.91 Å². The topological polar surface area (TPSA) is 49.3 Å². The van der Waals surface area contributed by atoms with Crippen molar-refractivity contribution in [3.63, 3.8) is 0 Å². The minimum atomic E-state index is -0.0812. The van der Waals surface area contributed by atoms with E-state index in [1.54, 1.807) is 11.0 Å². The van der Waals surface area contributed by atoms with Crippen LogP contribution >= 0.6 is 0 Å². The summed E-state index contributed by atoms with van der Waals surface area (Å²) >= 11 is 0. The van der Waals surface area contributed by atoms with Gasteiger partial charge in [-0.3, -0.25) is 4.79 Å². The van der Waals surface area contributed by atoms with Gasteiger partial charge < -0.3 is 9.80 Å². The van der Waals surface area contributed by atoms with Crippen molar-refractivity contribution in [2.75, 3.05) is 25.0 Å². The van der Waals surface area contributed by atoms with E-state index in [2.05, 4.69) is 4.98 Å². The molecule has 0 aliphatic carbocycles. The van der Waals surface area contributed by atoms with Gasteiger partial charge in [0, 0.05) is 37.5 Å². The normalized spacial score (nSPS) is 10.5. The number of anilines is 2. The number of rotatable bonds is 6. The minimum Gasteiger partial charge on any atom is -0.338 e. The minimum absolute atomic E-state index is 0.0812. The fourth-order valence-corrected chi connectivity index (χ4v) is 2.89. The second kappa shape index (κ2) is 8.45. The van der Waals surface area contributed by atoms with Crippen LogP contribution in [-0.4, -0.2) is 40.9 Å². The summed E-state index contributed by atoms with van der Waals surface area (Å²) in [4.78, 5) is 25.9. The average molecular weight is 360 g/mol. The molecule has 2 aromatic carbocycles. The summed E-state index contributed by atoms with van der Waals surface area (Å²) in [5.74, 6) is 1.15. The van der Waals surface area contributed by atoms with Gasteiger partial charge >= 0.3 is 0 Å². The van der Waals surface area contributed by atoms with Gasteiger partial charge in [-0.2, -0.15) is 0 Å². The summed E-state index contributed by atoms with van der Waals surface area (Å²) in [5.41, 5.74) is 2.29. The van der Waals surface area contributed by atoms with Crippen LogP contribution in [0.4, 0.5) is 11.5 Å². The Morgan fingerprint density at radius 3 is 2.07 bits per heavy atom. The van der Waals surface area contributed by atoms with Crippen molar-refractivity contribution in [2.45, 2.75) is 13.8 Å². The zero-order valence-electron chi connectivity index (χ0n) is 16.0. The summed E-state index contributed by atoms with van der Waals surface area (Å²) in [7, 11) is 1.94. The Morgan fingerprint density at radius 2 is 1.48 bits per heavy atom. The molecule has 0 saturated carbocycles. The lowest BCUT2D eigenvalue weighted by Gasteiger charge is -2.22. The third kappa shape index (κ3) is 4.14. The Hall–Kier alpha value is -3.21. The molecule has 0 saturated heterocycles. The maximum absolute atomic E-state index is 12.9. The molecule has 1 heterocycles. The first-order chi connectivity index (χ1) is 13.1. The molecule has 0 aliphatic heterocycles. The molecule has 27 heavy (non-hydrogen) atoms. The Balaban J connectivity index is 2.10. The molecule has 3 rings (SSSR count). The predicted octanol–water partition coefficient (Wildman–Crippen LogP) is 4.39. The highest BCUT2D eigenvalue weighted by atomic mass is 16.2. The van der Waals surface area contributed by atoms with Crippen molar-refractivity contribution in [2.24, 2.45) is 0 Å². The van der Waals surface area contributed by atoms with E-state index < -0.39 is 0 Å². The third-order valence-electron chi connectivity index (χ3n) is 4.50. The van der Waals surface area contributed by atoms with Crippen LogP contribution in [0.15, 0.2) is 66.7 Å². The van der Waals surface area contributed by atoms with E-state index >= 15 is 0 Å². The standard InChI is InChI=1S/C22H24N4O/c1-4-26(5-2)22(27)19-16-20(25(3)18-14-10-7-11-15-18)24-21(23-19)17-12-8-6-9-13-17/h6-16H,4-5H2,1-3H3. The van der Waals surface area contributed by atoms with Gasteiger partial charge in [0.15, 0.2) is 5.82 Å². The molecule has 0 atom stereocenters. The molecule has 1 amide bonds. The van der Waals surface area contributed by atoms with E-state index in [-0.39, 0.29) is 5.91 Å². The monoisotopic (exact) mass is 360 g/mol. The van der Waals surface area contributed by atoms with Gasteiger partial charge in [-0.15, -0.1) is 0 Å². The molecule has 0 aliphatic rings. The van der Waals surface area contributed by atoms with Gasteiger partial charge in [0.2, 0.25) is 0 Å². The molecule has 3 aromatic rings. The van der Waals surface area contributed by atoms with Crippen LogP contribution in [0, 0.1) is 0 Å². The molecule has 0 spiro atoms. The van der Waals surface area contributed by atoms with Gasteiger partial charge in [-0.1, -0.05) is 48.5 Å². The number of nitrogens with zero attached hydrogens (tertiary/aromatic N) is 4. The van der Waals surface area contributed by atoms with E-state index in [4.69, 9.17) is 4.98 Å². The highest BCUT2D eigenvalue weighted by Crippen LogP contribution is 2.25. The van der Waals surface area contributed by atoms with Crippen LogP contribution in [0.3, 0.4) is 0 Å². The maximum atomic E-state index is 12.9. The molecule has 0 bridgehead atoms. The van der Waals surface area contributed by atoms with Gasteiger partial charge in [-0.25, -0.2) is 9.97 Å². The molecule has 138 valence electrons. The number of para-hydroxylation sites is 1. The number of carbonyl (C=O) groups is 1. The quantitative estimate of drug-likeness (QED) is 0.654. The van der Waals surface area contributed by atoms with Crippen molar-refractivity contribution in [3.8, 4) is 11.4 Å². The molecule has 0 N–H and O–H groups in total. The van der Waals surface area contributed by atoms with Crippen LogP contribution in [0.5, 0.6) is 0 Å². The van der Waals surface area contributed by atoms with E-state index in [0.29, 0.717) is 30.4 Å². The first-order valence-electron chi connectivity index (χ1n) is 9.16. The second-order valence-corrected chi connectivity index (χ2v) is 6.17. The van der Waals surface area contributed by atoms with Crippen LogP contribution in [-0.2, 0) is 0 Å². The summed E-state index contributed by atoms with van der Waals surface area (Å²) in [6.45, 7) is 5.23. The van der Waals surface area contributed by atoms with Gasteiger partial charge in [0.1, 0.15) is 11.5 Å². The SMILES string of the molecule is CCN(CC)C(=O)c1cc(N(C)c2ccccc2)nc(-c2ccccc2)n1. The lowest BCUT2D eigenvalue weighted by atomic mass is 10.2. The predicted molar refractivity (Wildman–Crippen MR) is 109 cm³/mol. The van der Waals surface area contributed by atoms with Crippen LogP contribution in [0.2, 0.25) is 0 Å². The number of hydrogen-bond acceptors (Lipinski definition) is 4. The molecule has 0 radical (unpaired) electrons. The summed E-state index contributed by atoms with van der Waals surface area (Å²) < 4.78 is 0. The van der Waals surface area contributed by atoms with Crippen LogP contribution in [0.1, 0.15) is 24.3 Å². The number of amides is 1. The van der Waals surface area contributed by atoms with Gasteiger partial charge in [0.05, 0.1) is 0 Å². The van der Waals surface area contributed by atoms with Crippen molar-refractivity contribution in [3.05, 3.63) is 72.4 Å². The molecule has 1 aromatic heterocycles. The Bertz CT molecular complexity index is 893. The summed E-state index contributed by atoms with van der Waals surface area (Å²) in [6.07, 6.45) is 0. The van der Waals surface area contributed by atoms with Crippen molar-refractivity contribution in [1.29, 1.82) is 0 Å². The van der Waals surface area contributed by atoms with Crippen LogP contribution in [0.25, 0.3) is 11.4 Å². The Morgan fingerprint density at radius 1 is 0.889 bits per heavy atom. The molecule has 5 heteroatoms. The fourth-order valence-electron chi connectivity index (χ4n) is 2.89. The number of hydrogen-bond donors (Lipinski definition) is 0. The van der Waals surface area contributed by atoms with E-state index in [0.717, 1.165) is 11.3 Å². The highest BCUT2D eigenvalue weighted by molar-refractivity contribution is 5.93. The molecular weight excluding hydrogens is 336 g/mol. The lowest BCUT2D eigenvalue weighted by Crippen LogP contribution is -2.31. The average Bonchev–Trinajstić information content (AvgIpc) is 2.75. The zero-order chi connectivity index (χ0) is 19.2. The van der Waals surface area contributed by atoms with E-state index in [1.165, 1.54) is 0 Å². The number of benzene rings is 2. The van der Waals surface area contributed by atoms with Gasteiger partial charge in [-0.05, 0) is 26.0 Å². The first-order valence-corrected chi connectivity index (χ1v) is 9.16. The number of carbonyl (C=O) groups excluding carboxylic acids is 1. The zero-order valence-corrected chi connectivity index (χ0v) is 16.0. The van der Waals surface area contributed by atoms with Crippen LogP contribution < -0.4 is 4.90 Å². The van der Waals surface area contributed by atoms with E-state index in [1.807, 2.05) is 86.5 Å². The summed E-state index contributed by atoms with van der Waals surface area (Å²) in [5, 5.41) is 0. The molecule has 0 fully saturated rings. The third-order valence-corrected chi connectivity index (χ3v) is 4.50.